The number of anilines is 2. The van der Waals surface area contributed by atoms with E-state index in [9.17, 15) is 14.4 Å². The van der Waals surface area contributed by atoms with E-state index in [1.165, 1.54) is 0 Å². The molecule has 10 N–H and O–H groups in total. The first-order valence-electron chi connectivity index (χ1n) is 11.1. The lowest BCUT2D eigenvalue weighted by atomic mass is 10.1. The smallest absolute Gasteiger partial charge is 0.280 e. The number of primary amides is 1. The van der Waals surface area contributed by atoms with Gasteiger partial charge < -0.3 is 33.0 Å². The van der Waals surface area contributed by atoms with E-state index in [4.69, 9.17) is 39.3 Å². The molecular formula is C22H32ClN9O4. The molecule has 0 aliphatic rings. The van der Waals surface area contributed by atoms with Crippen molar-refractivity contribution in [1.29, 1.82) is 0 Å². The number of nitrogen functional groups attached to an aromatic ring is 2. The van der Waals surface area contributed by atoms with E-state index in [0.29, 0.717) is 12.3 Å². The molecule has 2 rings (SSSR count). The number of guanidine groups is 1. The molecule has 0 aliphatic carbocycles. The normalized spacial score (nSPS) is 10.6. The summed E-state index contributed by atoms with van der Waals surface area (Å²) < 4.78 is 5.35. The maximum atomic E-state index is 12.2. The zero-order valence-corrected chi connectivity index (χ0v) is 21.0. The fourth-order valence-corrected chi connectivity index (χ4v) is 2.73. The van der Waals surface area contributed by atoms with Gasteiger partial charge in [0, 0.05) is 6.54 Å². The average Bonchev–Trinajstić information content (AvgIpc) is 2.85. The topological polar surface area (TPSA) is 227 Å². The fraction of sp³-hybridized carbons (Fsp3) is 0.364. The Labute approximate surface area is 214 Å². The quantitative estimate of drug-likeness (QED) is 0.136. The van der Waals surface area contributed by atoms with Crippen molar-refractivity contribution in [3.63, 3.8) is 0 Å². The molecule has 0 aliphatic heterocycles. The Morgan fingerprint density at radius 3 is 2.33 bits per heavy atom. The van der Waals surface area contributed by atoms with Crippen LogP contribution in [0.25, 0.3) is 0 Å². The Morgan fingerprint density at radius 1 is 1.03 bits per heavy atom. The van der Waals surface area contributed by atoms with Gasteiger partial charge >= 0.3 is 0 Å². The predicted molar refractivity (Wildman–Crippen MR) is 138 cm³/mol. The van der Waals surface area contributed by atoms with E-state index in [1.807, 2.05) is 26.0 Å². The van der Waals surface area contributed by atoms with Crippen molar-refractivity contribution in [2.45, 2.75) is 33.1 Å². The summed E-state index contributed by atoms with van der Waals surface area (Å²) in [5, 5.41) is 4.57. The van der Waals surface area contributed by atoms with Gasteiger partial charge in [0.15, 0.2) is 35.0 Å². The summed E-state index contributed by atoms with van der Waals surface area (Å²) in [6.07, 6.45) is 2.34. The van der Waals surface area contributed by atoms with E-state index in [2.05, 4.69) is 25.6 Å². The molecule has 1 heterocycles. The van der Waals surface area contributed by atoms with Crippen molar-refractivity contribution >= 4 is 46.9 Å². The second-order valence-corrected chi connectivity index (χ2v) is 7.35. The van der Waals surface area contributed by atoms with Gasteiger partial charge in [0.05, 0.1) is 6.54 Å². The minimum atomic E-state index is -0.694. The third-order valence-electron chi connectivity index (χ3n) is 4.27. The second kappa shape index (κ2) is 15.7. The number of carbonyl (C=O) groups is 3. The van der Waals surface area contributed by atoms with Gasteiger partial charge in [-0.05, 0) is 37.0 Å². The van der Waals surface area contributed by atoms with Gasteiger partial charge in [-0.15, -0.1) is 0 Å². The highest BCUT2D eigenvalue weighted by atomic mass is 35.5. The number of nitrogens with two attached hydrogens (primary N) is 4. The lowest BCUT2D eigenvalue weighted by Gasteiger charge is -2.08. The molecule has 0 fully saturated rings. The van der Waals surface area contributed by atoms with Crippen LogP contribution in [-0.2, 0) is 16.0 Å². The lowest BCUT2D eigenvalue weighted by Crippen LogP contribution is -2.38. The number of rotatable bonds is 11. The first-order valence-corrected chi connectivity index (χ1v) is 11.5. The molecule has 0 saturated heterocycles. The van der Waals surface area contributed by atoms with Crippen molar-refractivity contribution in [3.05, 3.63) is 40.7 Å². The zero-order chi connectivity index (χ0) is 27.1. The molecule has 1 aromatic carbocycles. The number of benzene rings is 1. The lowest BCUT2D eigenvalue weighted by molar-refractivity contribution is -0.126. The number of ether oxygens (including phenoxy) is 1. The standard InChI is InChI=1S/C20H26ClN9O4.C2H6/c21-16-18(24)29-17(23)15(28-16)19(33)30-20(25)26-8-2-1-3-11-4-6-12(7-5-11)34-10-14(32)27-9-13(22)31;1-2/h4-7H,1-3,8-10H2,(H2,22,31)(H,27,32)(H4,23,24,29)(H3,25,26,30,33);1-2H3. The van der Waals surface area contributed by atoms with Crippen LogP contribution in [0.4, 0.5) is 11.6 Å². The molecule has 0 spiro atoms. The Kier molecular flexibility index (Phi) is 13.0. The number of carbonyl (C=O) groups excluding carboxylic acids is 3. The number of amides is 3. The Bertz CT molecular complexity index is 1060. The average molecular weight is 522 g/mol. The summed E-state index contributed by atoms with van der Waals surface area (Å²) in [4.78, 5) is 45.9. The number of nitrogens with zero attached hydrogens (tertiary/aromatic N) is 3. The van der Waals surface area contributed by atoms with Crippen LogP contribution in [0.1, 0.15) is 42.7 Å². The molecule has 0 saturated carbocycles. The first-order chi connectivity index (χ1) is 17.2. The molecule has 196 valence electrons. The molecule has 0 atom stereocenters. The number of halogens is 1. The molecule has 0 radical (unpaired) electrons. The van der Waals surface area contributed by atoms with Gasteiger partial charge in [0.2, 0.25) is 5.91 Å². The molecule has 1 aromatic heterocycles. The van der Waals surface area contributed by atoms with E-state index >= 15 is 0 Å². The third kappa shape index (κ3) is 10.9. The second-order valence-electron chi connectivity index (χ2n) is 6.99. The maximum absolute atomic E-state index is 12.2. The van der Waals surface area contributed by atoms with Gasteiger partial charge in [0.25, 0.3) is 11.8 Å². The summed E-state index contributed by atoms with van der Waals surface area (Å²) in [6, 6.07) is 7.27. The minimum absolute atomic E-state index is 0.0796. The van der Waals surface area contributed by atoms with Crippen molar-refractivity contribution in [2.75, 3.05) is 31.2 Å². The number of hydrogen-bond donors (Lipinski definition) is 6. The SMILES string of the molecule is CC.NC(=O)CNC(=O)COc1ccc(CCCCN=C(N)NC(=O)c2nc(Cl)c(N)nc2N)cc1. The number of aryl methyl sites for hydroxylation is 1. The summed E-state index contributed by atoms with van der Waals surface area (Å²) in [5.74, 6) is -1.56. The monoisotopic (exact) mass is 521 g/mol. The van der Waals surface area contributed by atoms with Gasteiger partial charge in [0.1, 0.15) is 5.75 Å². The summed E-state index contributed by atoms with van der Waals surface area (Å²) in [6.45, 7) is 3.95. The van der Waals surface area contributed by atoms with Crippen molar-refractivity contribution in [1.82, 2.24) is 20.6 Å². The number of nitrogens with one attached hydrogen (secondary N) is 2. The summed E-state index contributed by atoms with van der Waals surface area (Å²) in [7, 11) is 0. The highest BCUT2D eigenvalue weighted by Gasteiger charge is 2.16. The zero-order valence-electron chi connectivity index (χ0n) is 20.2. The van der Waals surface area contributed by atoms with Gasteiger partial charge in [-0.1, -0.05) is 37.6 Å². The van der Waals surface area contributed by atoms with E-state index < -0.39 is 17.7 Å². The number of aliphatic imine (C=N–C) groups is 1. The molecule has 2 aromatic rings. The summed E-state index contributed by atoms with van der Waals surface area (Å²) in [5.41, 5.74) is 22.7. The van der Waals surface area contributed by atoms with Crippen LogP contribution >= 0.6 is 11.6 Å². The highest BCUT2D eigenvalue weighted by Crippen LogP contribution is 2.17. The number of unbranched alkanes of at least 4 members (excludes halogenated alkanes) is 1. The van der Waals surface area contributed by atoms with E-state index in [1.54, 1.807) is 12.1 Å². The highest BCUT2D eigenvalue weighted by molar-refractivity contribution is 6.31. The van der Waals surface area contributed by atoms with Crippen molar-refractivity contribution < 1.29 is 19.1 Å². The van der Waals surface area contributed by atoms with Gasteiger partial charge in [-0.25, -0.2) is 9.97 Å². The predicted octanol–water partition coefficient (Wildman–Crippen LogP) is 0.368. The largest absolute Gasteiger partial charge is 0.484 e. The molecule has 0 bridgehead atoms. The molecule has 13 nitrogen and oxygen atoms in total. The van der Waals surface area contributed by atoms with Crippen LogP contribution in [0.15, 0.2) is 29.3 Å². The maximum Gasteiger partial charge on any atom is 0.280 e. The molecule has 3 amide bonds. The first kappa shape index (κ1) is 29.9. The fourth-order valence-electron chi connectivity index (χ4n) is 2.60. The van der Waals surface area contributed by atoms with Crippen molar-refractivity contribution in [2.24, 2.45) is 16.5 Å². The molecular weight excluding hydrogens is 490 g/mol. The third-order valence-corrected chi connectivity index (χ3v) is 4.55. The van der Waals surface area contributed by atoms with Gasteiger partial charge in [-0.2, -0.15) is 0 Å². The number of hydrogen-bond acceptors (Lipinski definition) is 9. The van der Waals surface area contributed by atoms with Crippen LogP contribution in [0.2, 0.25) is 5.15 Å². The molecule has 0 unspecified atom stereocenters. The van der Waals surface area contributed by atoms with E-state index in [0.717, 1.165) is 24.8 Å². The minimum Gasteiger partial charge on any atom is -0.484 e. The van der Waals surface area contributed by atoms with E-state index in [-0.39, 0.29) is 41.6 Å². The molecule has 36 heavy (non-hydrogen) atoms. The Morgan fingerprint density at radius 2 is 1.69 bits per heavy atom. The van der Waals surface area contributed by atoms with Gasteiger partial charge in [-0.3, -0.25) is 24.7 Å². The van der Waals surface area contributed by atoms with Crippen molar-refractivity contribution in [3.8, 4) is 5.75 Å². The number of aromatic nitrogens is 2. The van der Waals surface area contributed by atoms with Crippen LogP contribution in [0, 0.1) is 0 Å². The van der Waals surface area contributed by atoms with Crippen LogP contribution in [0.3, 0.4) is 0 Å². The Balaban J connectivity index is 0.00000316. The Hall–Kier alpha value is -4.13. The van der Waals surface area contributed by atoms with Crippen LogP contribution < -0.4 is 38.3 Å². The molecule has 14 heteroatoms. The van der Waals surface area contributed by atoms with Crippen LogP contribution in [0.5, 0.6) is 5.75 Å². The van der Waals surface area contributed by atoms with Crippen LogP contribution in [-0.4, -0.2) is 53.3 Å². The summed E-state index contributed by atoms with van der Waals surface area (Å²) >= 11 is 5.76.